The van der Waals surface area contributed by atoms with Gasteiger partial charge in [0.2, 0.25) is 0 Å². The smallest absolute Gasteiger partial charge is 0.0590 e. The molecule has 0 aliphatic heterocycles. The number of ether oxygens (including phenoxy) is 2. The quantitative estimate of drug-likeness (QED) is 0.507. The second-order valence-corrected chi connectivity index (χ2v) is 4.75. The molecule has 4 heteroatoms. The van der Waals surface area contributed by atoms with Gasteiger partial charge in [0.05, 0.1) is 6.61 Å². The van der Waals surface area contributed by atoms with Crippen molar-refractivity contribution in [1.29, 1.82) is 0 Å². The summed E-state index contributed by atoms with van der Waals surface area (Å²) in [6.45, 7) is 4.51. The zero-order valence-electron chi connectivity index (χ0n) is 10.8. The number of rotatable bonds is 13. The molecule has 0 aromatic carbocycles. The van der Waals surface area contributed by atoms with Crippen LogP contribution in [0.25, 0.3) is 0 Å². The van der Waals surface area contributed by atoms with Crippen LogP contribution in [0.3, 0.4) is 0 Å². The minimum Gasteiger partial charge on any atom is -0.385 e. The molecule has 0 aromatic rings. The Morgan fingerprint density at radius 2 is 1.81 bits per heavy atom. The van der Waals surface area contributed by atoms with Crippen LogP contribution in [0, 0.1) is 0 Å². The summed E-state index contributed by atoms with van der Waals surface area (Å²) in [5, 5.41) is 3.39. The van der Waals surface area contributed by atoms with E-state index in [0.717, 1.165) is 39.3 Å². The van der Waals surface area contributed by atoms with Crippen molar-refractivity contribution in [2.45, 2.75) is 25.7 Å². The van der Waals surface area contributed by atoms with E-state index >= 15 is 0 Å². The highest BCUT2D eigenvalue weighted by Crippen LogP contribution is 2.00. The van der Waals surface area contributed by atoms with Gasteiger partial charge >= 0.3 is 0 Å². The Bertz CT molecular complexity index is 112. The van der Waals surface area contributed by atoms with Crippen molar-refractivity contribution < 1.29 is 9.47 Å². The second-order valence-electron chi connectivity index (χ2n) is 3.76. The lowest BCUT2D eigenvalue weighted by molar-refractivity contribution is 0.104. The van der Waals surface area contributed by atoms with Gasteiger partial charge in [-0.1, -0.05) is 6.42 Å². The van der Waals surface area contributed by atoms with Crippen LogP contribution >= 0.6 is 11.8 Å². The van der Waals surface area contributed by atoms with E-state index in [0.29, 0.717) is 0 Å². The van der Waals surface area contributed by atoms with Gasteiger partial charge in [0, 0.05) is 26.9 Å². The maximum absolute atomic E-state index is 5.43. The number of thioether (sulfide) groups is 1. The first kappa shape index (κ1) is 16.2. The van der Waals surface area contributed by atoms with Crippen LogP contribution in [0.5, 0.6) is 0 Å². The van der Waals surface area contributed by atoms with E-state index in [9.17, 15) is 0 Å². The fraction of sp³-hybridized carbons (Fsp3) is 1.00. The lowest BCUT2D eigenvalue weighted by Gasteiger charge is -2.05. The maximum atomic E-state index is 5.43. The standard InChI is InChI=1S/C12H27NO2S/c1-14-9-6-10-15-11-8-13-7-4-3-5-12-16-2/h13H,3-12H2,1-2H3. The molecule has 0 heterocycles. The third-order valence-corrected chi connectivity index (χ3v) is 2.96. The third kappa shape index (κ3) is 14.2. The van der Waals surface area contributed by atoms with E-state index < -0.39 is 0 Å². The average molecular weight is 249 g/mol. The summed E-state index contributed by atoms with van der Waals surface area (Å²) in [4.78, 5) is 0. The lowest BCUT2D eigenvalue weighted by atomic mass is 10.2. The molecule has 0 saturated carbocycles. The topological polar surface area (TPSA) is 30.5 Å². The summed E-state index contributed by atoms with van der Waals surface area (Å²) in [6, 6.07) is 0. The van der Waals surface area contributed by atoms with Crippen molar-refractivity contribution in [3.05, 3.63) is 0 Å². The number of unbranched alkanes of at least 4 members (excludes halogenated alkanes) is 2. The number of hydrogen-bond donors (Lipinski definition) is 1. The number of methoxy groups -OCH3 is 1. The molecule has 16 heavy (non-hydrogen) atoms. The molecule has 1 N–H and O–H groups in total. The molecule has 0 aromatic heterocycles. The predicted octanol–water partition coefficient (Wildman–Crippen LogP) is 2.16. The van der Waals surface area contributed by atoms with Crippen LogP contribution in [-0.2, 0) is 9.47 Å². The van der Waals surface area contributed by atoms with E-state index in [4.69, 9.17) is 9.47 Å². The van der Waals surface area contributed by atoms with Gasteiger partial charge in [-0.2, -0.15) is 11.8 Å². The van der Waals surface area contributed by atoms with Crippen molar-refractivity contribution in [2.75, 3.05) is 52.0 Å². The van der Waals surface area contributed by atoms with Gasteiger partial charge in [-0.05, 0) is 37.8 Å². The molecule has 0 spiro atoms. The van der Waals surface area contributed by atoms with Crippen molar-refractivity contribution in [2.24, 2.45) is 0 Å². The van der Waals surface area contributed by atoms with Crippen molar-refractivity contribution in [3.63, 3.8) is 0 Å². The van der Waals surface area contributed by atoms with Crippen LogP contribution in [0.15, 0.2) is 0 Å². The normalized spacial score (nSPS) is 10.9. The van der Waals surface area contributed by atoms with Crippen molar-refractivity contribution >= 4 is 11.8 Å². The highest BCUT2D eigenvalue weighted by atomic mass is 32.2. The molecule has 0 unspecified atom stereocenters. The number of nitrogens with one attached hydrogen (secondary N) is 1. The molecule has 0 bridgehead atoms. The summed E-state index contributed by atoms with van der Waals surface area (Å²) in [6.07, 6.45) is 7.12. The number of hydrogen-bond acceptors (Lipinski definition) is 4. The van der Waals surface area contributed by atoms with Gasteiger partial charge in [-0.15, -0.1) is 0 Å². The first-order valence-corrected chi connectivity index (χ1v) is 7.57. The zero-order valence-corrected chi connectivity index (χ0v) is 11.6. The summed E-state index contributed by atoms with van der Waals surface area (Å²) >= 11 is 1.93. The molecule has 0 rings (SSSR count). The van der Waals surface area contributed by atoms with Crippen LogP contribution < -0.4 is 5.32 Å². The van der Waals surface area contributed by atoms with Gasteiger partial charge in [0.1, 0.15) is 0 Å². The fourth-order valence-corrected chi connectivity index (χ4v) is 1.84. The van der Waals surface area contributed by atoms with Crippen LogP contribution in [0.1, 0.15) is 25.7 Å². The Morgan fingerprint density at radius 1 is 0.938 bits per heavy atom. The average Bonchev–Trinajstić information content (AvgIpc) is 2.31. The molecular weight excluding hydrogens is 222 g/mol. The molecule has 0 radical (unpaired) electrons. The molecule has 0 aliphatic rings. The minimum atomic E-state index is 0.795. The Balaban J connectivity index is 2.83. The molecule has 98 valence electrons. The van der Waals surface area contributed by atoms with E-state index in [1.54, 1.807) is 7.11 Å². The Kier molecular flexibility index (Phi) is 15.4. The van der Waals surface area contributed by atoms with E-state index in [2.05, 4.69) is 11.6 Å². The monoisotopic (exact) mass is 249 g/mol. The van der Waals surface area contributed by atoms with E-state index in [-0.39, 0.29) is 0 Å². The molecule has 3 nitrogen and oxygen atoms in total. The maximum Gasteiger partial charge on any atom is 0.0590 e. The fourth-order valence-electron chi connectivity index (χ4n) is 1.35. The third-order valence-electron chi connectivity index (χ3n) is 2.26. The van der Waals surface area contributed by atoms with Gasteiger partial charge < -0.3 is 14.8 Å². The predicted molar refractivity (Wildman–Crippen MR) is 72.4 cm³/mol. The first-order chi connectivity index (χ1) is 7.91. The summed E-state index contributed by atoms with van der Waals surface area (Å²) < 4.78 is 10.4. The Hall–Kier alpha value is 0.230. The Morgan fingerprint density at radius 3 is 2.56 bits per heavy atom. The van der Waals surface area contributed by atoms with Gasteiger partial charge in [0.25, 0.3) is 0 Å². The van der Waals surface area contributed by atoms with Crippen molar-refractivity contribution in [3.8, 4) is 0 Å². The summed E-state index contributed by atoms with van der Waals surface area (Å²) in [7, 11) is 1.72. The van der Waals surface area contributed by atoms with Crippen LogP contribution in [0.4, 0.5) is 0 Å². The summed E-state index contributed by atoms with van der Waals surface area (Å²) in [5.41, 5.74) is 0. The summed E-state index contributed by atoms with van der Waals surface area (Å²) in [5.74, 6) is 1.29. The van der Waals surface area contributed by atoms with E-state index in [1.165, 1.54) is 25.0 Å². The lowest BCUT2D eigenvalue weighted by Crippen LogP contribution is -2.21. The van der Waals surface area contributed by atoms with Crippen molar-refractivity contribution in [1.82, 2.24) is 5.32 Å². The first-order valence-electron chi connectivity index (χ1n) is 6.18. The second kappa shape index (κ2) is 15.2. The van der Waals surface area contributed by atoms with Crippen LogP contribution in [-0.4, -0.2) is 52.0 Å². The molecular formula is C12H27NO2S. The molecule has 0 fully saturated rings. The largest absolute Gasteiger partial charge is 0.385 e. The molecule has 0 saturated heterocycles. The molecule has 0 aliphatic carbocycles. The van der Waals surface area contributed by atoms with Crippen LogP contribution in [0.2, 0.25) is 0 Å². The highest BCUT2D eigenvalue weighted by Gasteiger charge is 1.91. The van der Waals surface area contributed by atoms with Gasteiger partial charge in [-0.25, -0.2) is 0 Å². The zero-order chi connectivity index (χ0) is 11.9. The Labute approximate surface area is 105 Å². The SMILES string of the molecule is COCCCOCCNCCCCCSC. The van der Waals surface area contributed by atoms with E-state index in [1.807, 2.05) is 11.8 Å². The molecule has 0 atom stereocenters. The van der Waals surface area contributed by atoms with Gasteiger partial charge in [0.15, 0.2) is 0 Å². The van der Waals surface area contributed by atoms with Gasteiger partial charge in [-0.3, -0.25) is 0 Å². The molecule has 0 amide bonds. The highest BCUT2D eigenvalue weighted by molar-refractivity contribution is 7.98. The minimum absolute atomic E-state index is 0.795.